The second-order valence-electron chi connectivity index (χ2n) is 5.61. The molecule has 1 N–H and O–H groups in total. The molecule has 2 rings (SSSR count). The average Bonchev–Trinajstić information content (AvgIpc) is 2.60. The summed E-state index contributed by atoms with van der Waals surface area (Å²) in [5, 5.41) is 1.86. The standard InChI is InChI=1S/C17H16ClF3N2O3S/c18-14-7-4-8-15(9-14)27(25,26)23(10-13-5-2-1-3-6-13)11-16(24)22-12-17(19,20)21/h1-9H,10-12H2,(H,22,24). The fourth-order valence-electron chi connectivity index (χ4n) is 2.20. The predicted molar refractivity (Wildman–Crippen MR) is 94.6 cm³/mol. The molecule has 0 aliphatic carbocycles. The second kappa shape index (κ2) is 8.73. The second-order valence-corrected chi connectivity index (χ2v) is 7.98. The minimum atomic E-state index is -4.59. The van der Waals surface area contributed by atoms with E-state index >= 15 is 0 Å². The molecular weight excluding hydrogens is 405 g/mol. The van der Waals surface area contributed by atoms with Crippen molar-refractivity contribution in [2.75, 3.05) is 13.1 Å². The number of carbonyl (C=O) groups is 1. The van der Waals surface area contributed by atoms with Crippen LogP contribution in [0.15, 0.2) is 59.5 Å². The minimum absolute atomic E-state index is 0.158. The molecule has 0 atom stereocenters. The van der Waals surface area contributed by atoms with Crippen LogP contribution in [0.4, 0.5) is 13.2 Å². The Kier molecular flexibility index (Phi) is 6.85. The van der Waals surface area contributed by atoms with Crippen LogP contribution in [0.25, 0.3) is 0 Å². The van der Waals surface area contributed by atoms with Crippen molar-refractivity contribution in [3.8, 4) is 0 Å². The summed E-state index contributed by atoms with van der Waals surface area (Å²) < 4.78 is 63.4. The highest BCUT2D eigenvalue weighted by Crippen LogP contribution is 2.21. The normalized spacial score (nSPS) is 12.2. The van der Waals surface area contributed by atoms with Gasteiger partial charge in [-0.25, -0.2) is 8.42 Å². The van der Waals surface area contributed by atoms with E-state index in [-0.39, 0.29) is 16.5 Å². The Balaban J connectivity index is 2.27. The molecule has 146 valence electrons. The van der Waals surface area contributed by atoms with E-state index in [9.17, 15) is 26.4 Å². The molecular formula is C17H16ClF3N2O3S. The quantitative estimate of drug-likeness (QED) is 0.748. The number of rotatable bonds is 7. The number of benzene rings is 2. The zero-order chi connectivity index (χ0) is 20.1. The van der Waals surface area contributed by atoms with Crippen molar-refractivity contribution in [2.24, 2.45) is 0 Å². The maximum Gasteiger partial charge on any atom is 0.405 e. The molecule has 0 aliphatic heterocycles. The Morgan fingerprint density at radius 1 is 1.07 bits per heavy atom. The monoisotopic (exact) mass is 420 g/mol. The van der Waals surface area contributed by atoms with Gasteiger partial charge in [0, 0.05) is 11.6 Å². The first kappa shape index (κ1) is 21.2. The van der Waals surface area contributed by atoms with Crippen LogP contribution in [0.2, 0.25) is 5.02 Å². The smallest absolute Gasteiger partial charge is 0.346 e. The maximum atomic E-state index is 12.9. The molecule has 10 heteroatoms. The molecule has 0 aromatic heterocycles. The fraction of sp³-hybridized carbons (Fsp3) is 0.235. The molecule has 0 saturated carbocycles. The van der Waals surface area contributed by atoms with Gasteiger partial charge < -0.3 is 5.32 Å². The van der Waals surface area contributed by atoms with Crippen LogP contribution in [0.3, 0.4) is 0 Å². The van der Waals surface area contributed by atoms with Gasteiger partial charge in [-0.05, 0) is 23.8 Å². The van der Waals surface area contributed by atoms with Crippen molar-refractivity contribution in [3.63, 3.8) is 0 Å². The highest BCUT2D eigenvalue weighted by atomic mass is 35.5. The highest BCUT2D eigenvalue weighted by molar-refractivity contribution is 7.89. The summed E-state index contributed by atoms with van der Waals surface area (Å²) in [7, 11) is -4.16. The van der Waals surface area contributed by atoms with Gasteiger partial charge in [-0.2, -0.15) is 17.5 Å². The number of amides is 1. The van der Waals surface area contributed by atoms with Crippen molar-refractivity contribution in [1.82, 2.24) is 9.62 Å². The fourth-order valence-corrected chi connectivity index (χ4v) is 3.89. The van der Waals surface area contributed by atoms with E-state index in [0.29, 0.717) is 5.56 Å². The van der Waals surface area contributed by atoms with Gasteiger partial charge in [-0.3, -0.25) is 4.79 Å². The van der Waals surface area contributed by atoms with E-state index in [4.69, 9.17) is 11.6 Å². The first-order valence-corrected chi connectivity index (χ1v) is 9.53. The van der Waals surface area contributed by atoms with Crippen molar-refractivity contribution in [1.29, 1.82) is 0 Å². The van der Waals surface area contributed by atoms with Gasteiger partial charge in [0.15, 0.2) is 0 Å². The summed E-state index contributed by atoms with van der Waals surface area (Å²) in [5.74, 6) is -1.06. The molecule has 0 heterocycles. The summed E-state index contributed by atoms with van der Waals surface area (Å²) in [5.41, 5.74) is 0.576. The highest BCUT2D eigenvalue weighted by Gasteiger charge is 2.30. The van der Waals surface area contributed by atoms with Crippen LogP contribution in [0.1, 0.15) is 5.56 Å². The van der Waals surface area contributed by atoms with Gasteiger partial charge in [0.25, 0.3) is 0 Å². The van der Waals surface area contributed by atoms with E-state index in [1.165, 1.54) is 24.3 Å². The van der Waals surface area contributed by atoms with E-state index in [1.54, 1.807) is 35.6 Å². The Morgan fingerprint density at radius 2 is 1.74 bits per heavy atom. The summed E-state index contributed by atoms with van der Waals surface area (Å²) >= 11 is 5.83. The zero-order valence-electron chi connectivity index (χ0n) is 13.9. The first-order valence-electron chi connectivity index (χ1n) is 7.71. The van der Waals surface area contributed by atoms with Gasteiger partial charge >= 0.3 is 6.18 Å². The molecule has 0 fully saturated rings. The van der Waals surface area contributed by atoms with Crippen molar-refractivity contribution < 1.29 is 26.4 Å². The third-order valence-corrected chi connectivity index (χ3v) is 5.46. The number of carbonyl (C=O) groups excluding carboxylic acids is 1. The molecule has 0 saturated heterocycles. The van der Waals surface area contributed by atoms with E-state index in [1.807, 2.05) is 0 Å². The topological polar surface area (TPSA) is 66.5 Å². The number of nitrogens with one attached hydrogen (secondary N) is 1. The Hall–Kier alpha value is -2.10. The molecule has 1 amide bonds. The third kappa shape index (κ3) is 6.53. The lowest BCUT2D eigenvalue weighted by Crippen LogP contribution is -2.43. The number of sulfonamides is 1. The van der Waals surface area contributed by atoms with Crippen LogP contribution in [-0.4, -0.2) is 37.9 Å². The molecule has 5 nitrogen and oxygen atoms in total. The van der Waals surface area contributed by atoms with Crippen molar-refractivity contribution in [3.05, 3.63) is 65.2 Å². The van der Waals surface area contributed by atoms with Gasteiger partial charge in [0.05, 0.1) is 11.4 Å². The van der Waals surface area contributed by atoms with Gasteiger partial charge in [-0.15, -0.1) is 0 Å². The van der Waals surface area contributed by atoms with Crippen LogP contribution in [0.5, 0.6) is 0 Å². The molecule has 0 radical (unpaired) electrons. The van der Waals surface area contributed by atoms with E-state index in [0.717, 1.165) is 4.31 Å². The lowest BCUT2D eigenvalue weighted by atomic mass is 10.2. The average molecular weight is 421 g/mol. The van der Waals surface area contributed by atoms with E-state index in [2.05, 4.69) is 0 Å². The maximum absolute atomic E-state index is 12.9. The summed E-state index contributed by atoms with van der Waals surface area (Å²) in [4.78, 5) is 11.7. The Bertz CT molecular complexity index is 890. The Morgan fingerprint density at radius 3 is 2.33 bits per heavy atom. The van der Waals surface area contributed by atoms with Crippen LogP contribution < -0.4 is 5.32 Å². The molecule has 27 heavy (non-hydrogen) atoms. The number of halogens is 4. The number of hydrogen-bond donors (Lipinski definition) is 1. The van der Waals surface area contributed by atoms with Crippen molar-refractivity contribution >= 4 is 27.5 Å². The van der Waals surface area contributed by atoms with Crippen LogP contribution >= 0.6 is 11.6 Å². The van der Waals surface area contributed by atoms with Crippen LogP contribution in [0, 0.1) is 0 Å². The predicted octanol–water partition coefficient (Wildman–Crippen LogP) is 3.21. The SMILES string of the molecule is O=C(CN(Cc1ccccc1)S(=O)(=O)c1cccc(Cl)c1)NCC(F)(F)F. The summed E-state index contributed by atoms with van der Waals surface area (Å²) in [6, 6.07) is 13.8. The molecule has 2 aromatic carbocycles. The lowest BCUT2D eigenvalue weighted by Gasteiger charge is -2.22. The molecule has 2 aromatic rings. The van der Waals surface area contributed by atoms with Gasteiger partial charge in [0.2, 0.25) is 15.9 Å². The molecule has 0 aliphatic rings. The van der Waals surface area contributed by atoms with E-state index < -0.39 is 35.2 Å². The number of alkyl halides is 3. The zero-order valence-corrected chi connectivity index (χ0v) is 15.5. The number of hydrogen-bond acceptors (Lipinski definition) is 3. The molecule has 0 bridgehead atoms. The van der Waals surface area contributed by atoms with Gasteiger partial charge in [0.1, 0.15) is 6.54 Å². The largest absolute Gasteiger partial charge is 0.405 e. The number of nitrogens with zero attached hydrogens (tertiary/aromatic N) is 1. The van der Waals surface area contributed by atoms with Crippen LogP contribution in [-0.2, 0) is 21.4 Å². The first-order chi connectivity index (χ1) is 12.6. The summed E-state index contributed by atoms with van der Waals surface area (Å²) in [6.07, 6.45) is -4.59. The minimum Gasteiger partial charge on any atom is -0.346 e. The molecule has 0 spiro atoms. The Labute approximate surface area is 159 Å². The lowest BCUT2D eigenvalue weighted by molar-refractivity contribution is -0.138. The third-order valence-electron chi connectivity index (χ3n) is 3.44. The molecule has 0 unspecified atom stereocenters. The summed E-state index contributed by atoms with van der Waals surface area (Å²) in [6.45, 7) is -2.49. The van der Waals surface area contributed by atoms with Crippen molar-refractivity contribution in [2.45, 2.75) is 17.6 Å². The van der Waals surface area contributed by atoms with Gasteiger partial charge in [-0.1, -0.05) is 48.0 Å².